The Morgan fingerprint density at radius 3 is 2.83 bits per heavy atom. The first-order chi connectivity index (χ1) is 8.63. The van der Waals surface area contributed by atoms with Crippen LogP contribution in [0.15, 0.2) is 22.0 Å². The zero-order valence-corrected chi connectivity index (χ0v) is 13.3. The fraction of sp³-hybridized carbons (Fsp3) is 0.462. The van der Waals surface area contributed by atoms with Gasteiger partial charge in [0.2, 0.25) is 0 Å². The monoisotopic (exact) mass is 327 g/mol. The van der Waals surface area contributed by atoms with Gasteiger partial charge in [-0.2, -0.15) is 5.10 Å². The van der Waals surface area contributed by atoms with Gasteiger partial charge in [-0.1, -0.05) is 13.0 Å². The Morgan fingerprint density at radius 1 is 1.56 bits per heavy atom. The average Bonchev–Trinajstić information content (AvgIpc) is 2.93. The second-order valence-corrected chi connectivity index (χ2v) is 6.07. The van der Waals surface area contributed by atoms with E-state index >= 15 is 0 Å². The molecular formula is C13H18BrN3S. The van der Waals surface area contributed by atoms with Crippen molar-refractivity contribution in [1.82, 2.24) is 15.1 Å². The number of rotatable bonds is 5. The van der Waals surface area contributed by atoms with Gasteiger partial charge in [-0.05, 0) is 40.8 Å². The zero-order chi connectivity index (χ0) is 13.1. The van der Waals surface area contributed by atoms with Gasteiger partial charge in [0, 0.05) is 24.4 Å². The maximum absolute atomic E-state index is 4.45. The molecule has 0 radical (unpaired) electrons. The summed E-state index contributed by atoms with van der Waals surface area (Å²) in [6.45, 7) is 5.14. The minimum Gasteiger partial charge on any atom is -0.309 e. The van der Waals surface area contributed by atoms with Crippen LogP contribution in [0.2, 0.25) is 0 Å². The molecule has 5 heteroatoms. The van der Waals surface area contributed by atoms with Crippen molar-refractivity contribution in [3.8, 4) is 0 Å². The van der Waals surface area contributed by atoms with Crippen molar-refractivity contribution < 1.29 is 0 Å². The molecule has 0 aliphatic heterocycles. The Kier molecular flexibility index (Phi) is 4.59. The summed E-state index contributed by atoms with van der Waals surface area (Å²) in [4.78, 5) is 1.38. The van der Waals surface area contributed by atoms with Crippen LogP contribution < -0.4 is 5.32 Å². The molecular weight excluding hydrogens is 310 g/mol. The molecule has 0 fully saturated rings. The van der Waals surface area contributed by atoms with Crippen molar-refractivity contribution >= 4 is 27.3 Å². The highest BCUT2D eigenvalue weighted by Gasteiger charge is 2.18. The summed E-state index contributed by atoms with van der Waals surface area (Å²) in [6, 6.07) is 4.66. The number of aryl methyl sites for hydroxylation is 2. The predicted molar refractivity (Wildman–Crippen MR) is 80.1 cm³/mol. The molecule has 1 unspecified atom stereocenters. The first-order valence-corrected chi connectivity index (χ1v) is 7.75. The molecule has 2 aromatic heterocycles. The third kappa shape index (κ3) is 2.84. The van der Waals surface area contributed by atoms with Crippen LogP contribution in [0.1, 0.15) is 29.2 Å². The largest absolute Gasteiger partial charge is 0.309 e. The van der Waals surface area contributed by atoms with E-state index < -0.39 is 0 Å². The molecule has 2 aromatic rings. The number of hydrogen-bond donors (Lipinski definition) is 1. The van der Waals surface area contributed by atoms with Crippen LogP contribution in [-0.2, 0) is 13.5 Å². The van der Waals surface area contributed by atoms with Crippen LogP contribution in [0.5, 0.6) is 0 Å². The lowest BCUT2D eigenvalue weighted by Crippen LogP contribution is -2.23. The minimum absolute atomic E-state index is 0.362. The minimum atomic E-state index is 0.362. The third-order valence-electron chi connectivity index (χ3n) is 3.00. The summed E-state index contributed by atoms with van der Waals surface area (Å²) in [5.41, 5.74) is 2.29. The van der Waals surface area contributed by atoms with Gasteiger partial charge in [0.1, 0.15) is 0 Å². The van der Waals surface area contributed by atoms with Gasteiger partial charge in [-0.15, -0.1) is 11.3 Å². The van der Waals surface area contributed by atoms with E-state index in [4.69, 9.17) is 0 Å². The molecule has 0 aliphatic rings. The molecule has 0 saturated carbocycles. The summed E-state index contributed by atoms with van der Waals surface area (Å²) in [5, 5.41) is 10.1. The van der Waals surface area contributed by atoms with Crippen LogP contribution >= 0.6 is 27.3 Å². The second kappa shape index (κ2) is 5.99. The lowest BCUT2D eigenvalue weighted by Gasteiger charge is -2.16. The van der Waals surface area contributed by atoms with Crippen LogP contribution in [0.3, 0.4) is 0 Å². The molecule has 0 aromatic carbocycles. The van der Waals surface area contributed by atoms with Gasteiger partial charge >= 0.3 is 0 Å². The maximum Gasteiger partial charge on any atom is 0.0738 e. The quantitative estimate of drug-likeness (QED) is 0.911. The molecule has 0 spiro atoms. The molecule has 0 aliphatic carbocycles. The molecule has 98 valence electrons. The summed E-state index contributed by atoms with van der Waals surface area (Å²) in [6.07, 6.45) is 0.951. The van der Waals surface area contributed by atoms with Gasteiger partial charge < -0.3 is 5.32 Å². The van der Waals surface area contributed by atoms with Crippen molar-refractivity contribution in [1.29, 1.82) is 0 Å². The van der Waals surface area contributed by atoms with Gasteiger partial charge in [0.05, 0.1) is 15.9 Å². The number of nitrogens with one attached hydrogen (secondary N) is 1. The lowest BCUT2D eigenvalue weighted by molar-refractivity contribution is 0.535. The van der Waals surface area contributed by atoms with Crippen LogP contribution in [-0.4, -0.2) is 16.3 Å². The van der Waals surface area contributed by atoms with E-state index in [1.54, 1.807) is 11.3 Å². The van der Waals surface area contributed by atoms with E-state index in [0.29, 0.717) is 6.04 Å². The maximum atomic E-state index is 4.45. The normalized spacial score (nSPS) is 12.9. The molecule has 3 nitrogen and oxygen atoms in total. The zero-order valence-electron chi connectivity index (χ0n) is 10.9. The molecule has 0 saturated heterocycles. The summed E-state index contributed by atoms with van der Waals surface area (Å²) >= 11 is 5.44. The molecule has 2 heterocycles. The van der Waals surface area contributed by atoms with Crippen LogP contribution in [0.4, 0.5) is 0 Å². The standard InChI is InChI=1S/C13H18BrN3S/c1-4-15-10(12-6-5-7-18-12)8-11-13(14)9(2)16-17(11)3/h5-7,10,15H,4,8H2,1-3H3. The molecule has 2 rings (SSSR count). The summed E-state index contributed by atoms with van der Waals surface area (Å²) in [7, 11) is 2.00. The number of hydrogen-bond acceptors (Lipinski definition) is 3. The number of thiophene rings is 1. The van der Waals surface area contributed by atoms with Gasteiger partial charge in [0.25, 0.3) is 0 Å². The van der Waals surface area contributed by atoms with Crippen molar-refractivity contribution in [2.45, 2.75) is 26.3 Å². The highest BCUT2D eigenvalue weighted by molar-refractivity contribution is 9.10. The summed E-state index contributed by atoms with van der Waals surface area (Å²) < 4.78 is 3.10. The number of aromatic nitrogens is 2. The van der Waals surface area contributed by atoms with Crippen molar-refractivity contribution in [3.05, 3.63) is 38.3 Å². The van der Waals surface area contributed by atoms with Gasteiger partial charge in [0.15, 0.2) is 0 Å². The molecule has 1 atom stereocenters. The van der Waals surface area contributed by atoms with E-state index in [2.05, 4.69) is 50.8 Å². The van der Waals surface area contributed by atoms with Crippen molar-refractivity contribution in [2.24, 2.45) is 7.05 Å². The Labute approximate surface area is 120 Å². The SMILES string of the molecule is CCNC(Cc1c(Br)c(C)nn1C)c1cccs1. The van der Waals surface area contributed by atoms with Crippen molar-refractivity contribution in [2.75, 3.05) is 6.54 Å². The molecule has 0 amide bonds. The van der Waals surface area contributed by atoms with Crippen LogP contribution in [0.25, 0.3) is 0 Å². The molecule has 18 heavy (non-hydrogen) atoms. The van der Waals surface area contributed by atoms with E-state index in [1.807, 2.05) is 18.7 Å². The topological polar surface area (TPSA) is 29.9 Å². The van der Waals surface area contributed by atoms with Gasteiger partial charge in [-0.25, -0.2) is 0 Å². The molecule has 0 bridgehead atoms. The lowest BCUT2D eigenvalue weighted by atomic mass is 10.1. The molecule has 1 N–H and O–H groups in total. The van der Waals surface area contributed by atoms with E-state index in [-0.39, 0.29) is 0 Å². The van der Waals surface area contributed by atoms with Gasteiger partial charge in [-0.3, -0.25) is 4.68 Å². The predicted octanol–water partition coefficient (Wildman–Crippen LogP) is 3.45. The first kappa shape index (κ1) is 13.8. The fourth-order valence-electron chi connectivity index (χ4n) is 2.10. The smallest absolute Gasteiger partial charge is 0.0738 e. The summed E-state index contributed by atoms with van der Waals surface area (Å²) in [5.74, 6) is 0. The average molecular weight is 328 g/mol. The van der Waals surface area contributed by atoms with E-state index in [1.165, 1.54) is 10.6 Å². The number of likely N-dealkylation sites (N-methyl/N-ethyl adjacent to an activating group) is 1. The Bertz CT molecular complexity index is 505. The van der Waals surface area contributed by atoms with Crippen molar-refractivity contribution in [3.63, 3.8) is 0 Å². The van der Waals surface area contributed by atoms with E-state index in [0.717, 1.165) is 23.1 Å². The highest BCUT2D eigenvalue weighted by atomic mass is 79.9. The first-order valence-electron chi connectivity index (χ1n) is 6.08. The number of nitrogens with zero attached hydrogens (tertiary/aromatic N) is 2. The Morgan fingerprint density at radius 2 is 2.33 bits per heavy atom. The highest BCUT2D eigenvalue weighted by Crippen LogP contribution is 2.27. The fourth-order valence-corrected chi connectivity index (χ4v) is 3.40. The van der Waals surface area contributed by atoms with Crippen LogP contribution in [0, 0.1) is 6.92 Å². The second-order valence-electron chi connectivity index (χ2n) is 4.30. The van der Waals surface area contributed by atoms with E-state index in [9.17, 15) is 0 Å². The Balaban J connectivity index is 2.24. The number of halogens is 1. The Hall–Kier alpha value is -0.650. The third-order valence-corrected chi connectivity index (χ3v) is 5.01.